The van der Waals surface area contributed by atoms with Crippen LogP contribution in [0, 0.1) is 0 Å². The first kappa shape index (κ1) is 27.2. The summed E-state index contributed by atoms with van der Waals surface area (Å²) in [7, 11) is 0. The minimum atomic E-state index is -0.349. The molecule has 9 heteroatoms. The van der Waals surface area contributed by atoms with E-state index in [2.05, 4.69) is 32.6 Å². The van der Waals surface area contributed by atoms with E-state index in [9.17, 15) is 9.59 Å². The predicted molar refractivity (Wildman–Crippen MR) is 148 cm³/mol. The molecule has 2 aromatic carbocycles. The summed E-state index contributed by atoms with van der Waals surface area (Å²) in [5.41, 5.74) is 3.52. The summed E-state index contributed by atoms with van der Waals surface area (Å²) in [6.07, 6.45) is 9.59. The van der Waals surface area contributed by atoms with Gasteiger partial charge in [-0.25, -0.2) is 4.79 Å². The Balaban J connectivity index is 1.54. The molecule has 0 atom stereocenters. The Morgan fingerprint density at radius 1 is 0.868 bits per heavy atom. The number of aromatic nitrogens is 7. The van der Waals surface area contributed by atoms with Gasteiger partial charge in [0, 0.05) is 18.4 Å². The number of H-pyrrole nitrogens is 1. The normalized spacial score (nSPS) is 11.2. The van der Waals surface area contributed by atoms with E-state index >= 15 is 0 Å². The highest BCUT2D eigenvalue weighted by Gasteiger charge is 2.18. The molecule has 4 aromatic rings. The van der Waals surface area contributed by atoms with Crippen molar-refractivity contribution >= 4 is 5.91 Å². The van der Waals surface area contributed by atoms with Crippen molar-refractivity contribution in [2.45, 2.75) is 84.6 Å². The standard InChI is InChI=1S/C29H37N7O2/c1-3-5-7-8-9-10-15-26-32-36(27(37)16-6-4-2)29(38)35(26)21-22-17-19-23(20-18-22)24-13-11-12-14-25(24)28-30-33-34-31-28/h11-14,17-20H,3-10,15-16,21H2,1-2H3,(H,30,31,33,34). The molecular weight excluding hydrogens is 478 g/mol. The number of nitrogens with zero attached hydrogens (tertiary/aromatic N) is 6. The fourth-order valence-corrected chi connectivity index (χ4v) is 4.62. The number of rotatable bonds is 14. The van der Waals surface area contributed by atoms with Crippen molar-refractivity contribution in [3.05, 3.63) is 70.4 Å². The fourth-order valence-electron chi connectivity index (χ4n) is 4.62. The van der Waals surface area contributed by atoms with Crippen LogP contribution in [0.5, 0.6) is 0 Å². The van der Waals surface area contributed by atoms with Crippen LogP contribution in [0.2, 0.25) is 0 Å². The third-order valence-corrected chi connectivity index (χ3v) is 6.79. The van der Waals surface area contributed by atoms with Gasteiger partial charge in [-0.15, -0.1) is 20.0 Å². The zero-order valence-corrected chi connectivity index (χ0v) is 22.4. The molecule has 0 radical (unpaired) electrons. The average molecular weight is 516 g/mol. The van der Waals surface area contributed by atoms with Crippen molar-refractivity contribution in [1.82, 2.24) is 35.0 Å². The third kappa shape index (κ3) is 6.70. The molecule has 0 fully saturated rings. The summed E-state index contributed by atoms with van der Waals surface area (Å²) >= 11 is 0. The monoisotopic (exact) mass is 515 g/mol. The maximum atomic E-state index is 13.3. The highest BCUT2D eigenvalue weighted by molar-refractivity contribution is 5.80. The Hall–Kier alpha value is -3.88. The maximum absolute atomic E-state index is 13.3. The Morgan fingerprint density at radius 3 is 2.29 bits per heavy atom. The van der Waals surface area contributed by atoms with Gasteiger partial charge >= 0.3 is 5.69 Å². The lowest BCUT2D eigenvalue weighted by molar-refractivity contribution is 0.0878. The van der Waals surface area contributed by atoms with Crippen molar-refractivity contribution in [3.8, 4) is 22.5 Å². The molecule has 38 heavy (non-hydrogen) atoms. The van der Waals surface area contributed by atoms with Crippen LogP contribution in [0.1, 0.15) is 87.8 Å². The van der Waals surface area contributed by atoms with Crippen molar-refractivity contribution < 1.29 is 4.79 Å². The van der Waals surface area contributed by atoms with E-state index in [-0.39, 0.29) is 11.6 Å². The van der Waals surface area contributed by atoms with Gasteiger partial charge in [0.05, 0.1) is 6.54 Å². The van der Waals surface area contributed by atoms with Gasteiger partial charge in [-0.05, 0) is 34.7 Å². The summed E-state index contributed by atoms with van der Waals surface area (Å²) in [5, 5.41) is 18.9. The van der Waals surface area contributed by atoms with Gasteiger partial charge in [0.25, 0.3) is 5.91 Å². The van der Waals surface area contributed by atoms with Crippen LogP contribution in [0.25, 0.3) is 22.5 Å². The van der Waals surface area contributed by atoms with Crippen LogP contribution >= 0.6 is 0 Å². The number of hydrogen-bond acceptors (Lipinski definition) is 6. The summed E-state index contributed by atoms with van der Waals surface area (Å²) in [4.78, 5) is 25.9. The van der Waals surface area contributed by atoms with Crippen molar-refractivity contribution in [2.24, 2.45) is 0 Å². The summed E-state index contributed by atoms with van der Waals surface area (Å²) in [6.45, 7) is 4.61. The smallest absolute Gasteiger partial charge is 0.274 e. The van der Waals surface area contributed by atoms with Crippen LogP contribution in [-0.4, -0.2) is 40.9 Å². The van der Waals surface area contributed by atoms with Crippen molar-refractivity contribution in [1.29, 1.82) is 0 Å². The summed E-state index contributed by atoms with van der Waals surface area (Å²) in [5.74, 6) is 0.991. The first-order valence-corrected chi connectivity index (χ1v) is 13.8. The van der Waals surface area contributed by atoms with Crippen molar-refractivity contribution in [3.63, 3.8) is 0 Å². The van der Waals surface area contributed by atoms with Gasteiger partial charge in [0.15, 0.2) is 0 Å². The second-order valence-electron chi connectivity index (χ2n) is 9.69. The van der Waals surface area contributed by atoms with E-state index in [0.717, 1.165) is 52.6 Å². The molecule has 0 aliphatic rings. The summed E-state index contributed by atoms with van der Waals surface area (Å²) in [6, 6.07) is 16.0. The Labute approximate surface area is 223 Å². The Bertz CT molecular complexity index is 1350. The van der Waals surface area contributed by atoms with E-state index in [1.165, 1.54) is 25.7 Å². The van der Waals surface area contributed by atoms with E-state index in [4.69, 9.17) is 0 Å². The highest BCUT2D eigenvalue weighted by atomic mass is 16.2. The molecule has 0 saturated heterocycles. The second-order valence-corrected chi connectivity index (χ2v) is 9.69. The topological polar surface area (TPSA) is 111 Å². The lowest BCUT2D eigenvalue weighted by Gasteiger charge is -2.09. The molecule has 1 N–H and O–H groups in total. The zero-order valence-electron chi connectivity index (χ0n) is 22.4. The van der Waals surface area contributed by atoms with Gasteiger partial charge in [0.2, 0.25) is 5.82 Å². The maximum Gasteiger partial charge on any atom is 0.353 e. The predicted octanol–water partition coefficient (Wildman–Crippen LogP) is 5.67. The number of nitrogens with one attached hydrogen (secondary N) is 1. The molecule has 2 aromatic heterocycles. The van der Waals surface area contributed by atoms with E-state index < -0.39 is 0 Å². The Morgan fingerprint density at radius 2 is 1.58 bits per heavy atom. The third-order valence-electron chi connectivity index (χ3n) is 6.79. The second kappa shape index (κ2) is 13.6. The lowest BCUT2D eigenvalue weighted by Crippen LogP contribution is -2.30. The number of hydrogen-bond donors (Lipinski definition) is 1. The number of benzene rings is 2. The van der Waals surface area contributed by atoms with Gasteiger partial charge in [0.1, 0.15) is 5.82 Å². The number of tetrazole rings is 1. The Kier molecular flexibility index (Phi) is 9.72. The van der Waals surface area contributed by atoms with Gasteiger partial charge in [-0.2, -0.15) is 5.21 Å². The number of carbonyl (C=O) groups is 1. The fraction of sp³-hybridized carbons (Fsp3) is 0.448. The average Bonchev–Trinajstić information content (AvgIpc) is 3.59. The molecule has 2 heterocycles. The molecule has 0 aliphatic carbocycles. The van der Waals surface area contributed by atoms with Gasteiger partial charge in [-0.1, -0.05) is 101 Å². The molecule has 4 rings (SSSR count). The molecule has 0 unspecified atom stereocenters. The van der Waals surface area contributed by atoms with E-state index in [1.54, 1.807) is 4.57 Å². The zero-order chi connectivity index (χ0) is 26.7. The molecule has 0 saturated carbocycles. The molecular formula is C29H37N7O2. The molecule has 0 spiro atoms. The van der Waals surface area contributed by atoms with Crippen LogP contribution in [0.3, 0.4) is 0 Å². The van der Waals surface area contributed by atoms with Crippen LogP contribution in [0.4, 0.5) is 0 Å². The molecule has 0 bridgehead atoms. The quantitative estimate of drug-likeness (QED) is 0.217. The van der Waals surface area contributed by atoms with Crippen molar-refractivity contribution in [2.75, 3.05) is 0 Å². The lowest BCUT2D eigenvalue weighted by atomic mass is 9.98. The largest absolute Gasteiger partial charge is 0.353 e. The first-order chi connectivity index (χ1) is 18.6. The van der Waals surface area contributed by atoms with Crippen LogP contribution < -0.4 is 5.69 Å². The SMILES string of the molecule is CCCCCCCCc1nn(C(=O)CCCC)c(=O)n1Cc1ccc(-c2ccccc2-c2nn[nH]n2)cc1. The number of aromatic amines is 1. The van der Waals surface area contributed by atoms with Crippen LogP contribution in [-0.2, 0) is 13.0 Å². The molecule has 200 valence electrons. The van der Waals surface area contributed by atoms with E-state index in [0.29, 0.717) is 31.0 Å². The summed E-state index contributed by atoms with van der Waals surface area (Å²) < 4.78 is 2.75. The number of unbranched alkanes of at least 4 members (excludes halogenated alkanes) is 6. The number of carbonyl (C=O) groups excluding carboxylic acids is 1. The number of aryl methyl sites for hydroxylation is 1. The van der Waals surface area contributed by atoms with Gasteiger partial charge in [-0.3, -0.25) is 9.36 Å². The van der Waals surface area contributed by atoms with Crippen LogP contribution in [0.15, 0.2) is 53.3 Å². The highest BCUT2D eigenvalue weighted by Crippen LogP contribution is 2.29. The first-order valence-electron chi connectivity index (χ1n) is 13.8. The van der Waals surface area contributed by atoms with Gasteiger partial charge < -0.3 is 0 Å². The van der Waals surface area contributed by atoms with E-state index in [1.807, 2.05) is 55.5 Å². The molecule has 0 aliphatic heterocycles. The minimum absolute atomic E-state index is 0.229. The minimum Gasteiger partial charge on any atom is -0.274 e. The molecule has 9 nitrogen and oxygen atoms in total. The molecule has 0 amide bonds.